The fourth-order valence-electron chi connectivity index (χ4n) is 4.47. The van der Waals surface area contributed by atoms with Crippen molar-refractivity contribution in [2.75, 3.05) is 47.0 Å². The Labute approximate surface area is 232 Å². The number of amides is 3. The number of hydrogen-bond donors (Lipinski definition) is 1. The number of likely N-dealkylation sites (N-methyl/N-ethyl adjacent to an activating group) is 1. The van der Waals surface area contributed by atoms with E-state index in [0.717, 1.165) is 30.8 Å². The molecule has 37 heavy (non-hydrogen) atoms. The summed E-state index contributed by atoms with van der Waals surface area (Å²) in [6.45, 7) is 4.48. The van der Waals surface area contributed by atoms with Crippen LogP contribution < -0.4 is 5.73 Å². The molecule has 8 nitrogen and oxygen atoms in total. The number of urea groups is 1. The topological polar surface area (TPSA) is 94.3 Å². The lowest BCUT2D eigenvalue weighted by molar-refractivity contribution is -0.0365. The van der Waals surface area contributed by atoms with Crippen molar-refractivity contribution in [2.45, 2.75) is 122 Å². The predicted molar refractivity (Wildman–Crippen MR) is 152 cm³/mol. The highest BCUT2D eigenvalue weighted by Gasteiger charge is 2.28. The van der Waals surface area contributed by atoms with Gasteiger partial charge in [-0.15, -0.1) is 12.4 Å². The summed E-state index contributed by atoms with van der Waals surface area (Å²) in [5.41, 5.74) is 5.30. The average molecular weight is 550 g/mol. The summed E-state index contributed by atoms with van der Waals surface area (Å²) in [6.07, 6.45) is 19.8. The van der Waals surface area contributed by atoms with Gasteiger partial charge in [0.05, 0.1) is 18.8 Å². The first-order valence-electron chi connectivity index (χ1n) is 14.6. The standard InChI is InChI=1S/C28H55N3O5.ClH/c1-4-5-6-7-8-9-10-11-12-13-14-15-16-17-22-34-23-25-18-19-26(36-25)24-35-28(33)31(27(29)32)21-20-30(2)3;/h25-26H,4-24H2,1-3H3,(H2,29,32);1H/t25-,26+;/m1./s1. The SMILES string of the molecule is CCCCCCCCCCCCCCCCOC[C@H]1CC[C@@H](COC(=O)N(CCN(C)C)C(N)=O)O1.Cl. The van der Waals surface area contributed by atoms with Crippen LogP contribution in [0.2, 0.25) is 0 Å². The highest BCUT2D eigenvalue weighted by atomic mass is 35.5. The van der Waals surface area contributed by atoms with Gasteiger partial charge in [-0.1, -0.05) is 90.4 Å². The molecule has 0 aliphatic carbocycles. The summed E-state index contributed by atoms with van der Waals surface area (Å²) >= 11 is 0. The maximum Gasteiger partial charge on any atom is 0.418 e. The van der Waals surface area contributed by atoms with E-state index in [4.69, 9.17) is 19.9 Å². The Morgan fingerprint density at radius 2 is 1.27 bits per heavy atom. The molecular weight excluding hydrogens is 494 g/mol. The second-order valence-corrected chi connectivity index (χ2v) is 10.5. The minimum atomic E-state index is -0.802. The van der Waals surface area contributed by atoms with Gasteiger partial charge in [-0.3, -0.25) is 0 Å². The van der Waals surface area contributed by atoms with Crippen LogP contribution in [-0.2, 0) is 14.2 Å². The maximum atomic E-state index is 12.2. The molecule has 9 heteroatoms. The number of rotatable bonds is 22. The molecule has 0 aromatic carbocycles. The number of halogens is 1. The van der Waals surface area contributed by atoms with Crippen LogP contribution in [0, 0.1) is 0 Å². The average Bonchev–Trinajstić information content (AvgIpc) is 3.30. The van der Waals surface area contributed by atoms with Crippen LogP contribution >= 0.6 is 12.4 Å². The van der Waals surface area contributed by atoms with E-state index < -0.39 is 12.1 Å². The molecule has 1 rings (SSSR count). The Bertz CT molecular complexity index is 568. The second-order valence-electron chi connectivity index (χ2n) is 10.5. The van der Waals surface area contributed by atoms with Crippen molar-refractivity contribution in [2.24, 2.45) is 5.73 Å². The van der Waals surface area contributed by atoms with Crippen LogP contribution in [0.15, 0.2) is 0 Å². The molecule has 1 heterocycles. The van der Waals surface area contributed by atoms with Crippen LogP contribution in [0.4, 0.5) is 9.59 Å². The maximum absolute atomic E-state index is 12.2. The molecule has 0 spiro atoms. The highest BCUT2D eigenvalue weighted by molar-refractivity contribution is 5.89. The fraction of sp³-hybridized carbons (Fsp3) is 0.929. The summed E-state index contributed by atoms with van der Waals surface area (Å²) in [4.78, 5) is 26.5. The van der Waals surface area contributed by atoms with Gasteiger partial charge in [-0.25, -0.2) is 14.5 Å². The van der Waals surface area contributed by atoms with Crippen molar-refractivity contribution in [3.63, 3.8) is 0 Å². The number of carbonyl (C=O) groups excluding carboxylic acids is 2. The smallest absolute Gasteiger partial charge is 0.418 e. The zero-order chi connectivity index (χ0) is 26.4. The van der Waals surface area contributed by atoms with Crippen LogP contribution in [-0.4, -0.2) is 81.1 Å². The van der Waals surface area contributed by atoms with Gasteiger partial charge < -0.3 is 24.8 Å². The van der Waals surface area contributed by atoms with Crippen molar-refractivity contribution in [1.82, 2.24) is 9.80 Å². The monoisotopic (exact) mass is 549 g/mol. The zero-order valence-electron chi connectivity index (χ0n) is 23.9. The molecule has 1 fully saturated rings. The van der Waals surface area contributed by atoms with Gasteiger partial charge in [-0.2, -0.15) is 0 Å². The Hall–Kier alpha value is -1.09. The first-order chi connectivity index (χ1) is 17.4. The number of ether oxygens (including phenoxy) is 3. The summed E-state index contributed by atoms with van der Waals surface area (Å²) in [7, 11) is 3.72. The predicted octanol–water partition coefficient (Wildman–Crippen LogP) is 6.53. The molecular formula is C28H56ClN3O5. The number of nitrogens with two attached hydrogens (primary N) is 1. The second kappa shape index (κ2) is 24.0. The van der Waals surface area contributed by atoms with Gasteiger partial charge in [0.25, 0.3) is 0 Å². The van der Waals surface area contributed by atoms with Gasteiger partial charge in [0.2, 0.25) is 0 Å². The Kier molecular flexibility index (Phi) is 23.3. The summed E-state index contributed by atoms with van der Waals surface area (Å²) in [5, 5.41) is 0. The molecule has 1 aliphatic heterocycles. The zero-order valence-corrected chi connectivity index (χ0v) is 24.7. The van der Waals surface area contributed by atoms with Crippen LogP contribution in [0.25, 0.3) is 0 Å². The normalized spacial score (nSPS) is 17.1. The molecule has 2 atom stereocenters. The number of unbranched alkanes of at least 4 members (excludes halogenated alkanes) is 13. The first kappa shape index (κ1) is 35.9. The van der Waals surface area contributed by atoms with E-state index in [-0.39, 0.29) is 37.8 Å². The Morgan fingerprint density at radius 1 is 0.784 bits per heavy atom. The molecule has 0 unspecified atom stereocenters. The molecule has 1 saturated heterocycles. The van der Waals surface area contributed by atoms with Crippen molar-refractivity contribution in [3.05, 3.63) is 0 Å². The minimum Gasteiger partial charge on any atom is -0.446 e. The number of nitrogens with zero attached hydrogens (tertiary/aromatic N) is 2. The van der Waals surface area contributed by atoms with Crippen molar-refractivity contribution < 1.29 is 23.8 Å². The largest absolute Gasteiger partial charge is 0.446 e. The third-order valence-electron chi connectivity index (χ3n) is 6.79. The van der Waals surface area contributed by atoms with E-state index in [0.29, 0.717) is 13.2 Å². The number of carbonyl (C=O) groups is 2. The lowest BCUT2D eigenvalue weighted by Gasteiger charge is -2.21. The number of primary amides is 1. The Morgan fingerprint density at radius 3 is 1.76 bits per heavy atom. The molecule has 220 valence electrons. The van der Waals surface area contributed by atoms with Gasteiger partial charge in [0.15, 0.2) is 0 Å². The molecule has 1 aliphatic rings. The summed E-state index contributed by atoms with van der Waals surface area (Å²) in [5.74, 6) is 0. The van der Waals surface area contributed by atoms with E-state index in [1.54, 1.807) is 0 Å². The highest BCUT2D eigenvalue weighted by Crippen LogP contribution is 2.21. The van der Waals surface area contributed by atoms with Crippen LogP contribution in [0.3, 0.4) is 0 Å². The third kappa shape index (κ3) is 19.6. The van der Waals surface area contributed by atoms with E-state index in [1.165, 1.54) is 83.5 Å². The van der Waals surface area contributed by atoms with Crippen molar-refractivity contribution >= 4 is 24.5 Å². The molecule has 0 aromatic rings. The van der Waals surface area contributed by atoms with Crippen LogP contribution in [0.5, 0.6) is 0 Å². The van der Waals surface area contributed by atoms with Gasteiger partial charge in [0, 0.05) is 19.7 Å². The molecule has 2 N–H and O–H groups in total. The minimum absolute atomic E-state index is 0. The van der Waals surface area contributed by atoms with Gasteiger partial charge >= 0.3 is 12.1 Å². The van der Waals surface area contributed by atoms with Gasteiger partial charge in [-0.05, 0) is 33.4 Å². The fourth-order valence-corrected chi connectivity index (χ4v) is 4.47. The molecule has 0 bridgehead atoms. The Balaban J connectivity index is 0.0000130. The molecule has 0 radical (unpaired) electrons. The van der Waals surface area contributed by atoms with Crippen molar-refractivity contribution in [1.29, 1.82) is 0 Å². The molecule has 0 saturated carbocycles. The molecule has 0 aromatic heterocycles. The summed E-state index contributed by atoms with van der Waals surface area (Å²) in [6, 6.07) is -0.802. The number of imide groups is 1. The lowest BCUT2D eigenvalue weighted by Crippen LogP contribution is -2.45. The lowest BCUT2D eigenvalue weighted by atomic mass is 10.0. The van der Waals surface area contributed by atoms with Crippen LogP contribution in [0.1, 0.15) is 110 Å². The summed E-state index contributed by atoms with van der Waals surface area (Å²) < 4.78 is 17.0. The third-order valence-corrected chi connectivity index (χ3v) is 6.79. The van der Waals surface area contributed by atoms with E-state index in [9.17, 15) is 9.59 Å². The van der Waals surface area contributed by atoms with E-state index >= 15 is 0 Å². The quantitative estimate of drug-likeness (QED) is 0.154. The van der Waals surface area contributed by atoms with E-state index in [1.807, 2.05) is 19.0 Å². The van der Waals surface area contributed by atoms with E-state index in [2.05, 4.69) is 6.92 Å². The first-order valence-corrected chi connectivity index (χ1v) is 14.6. The number of hydrogen-bond acceptors (Lipinski definition) is 6. The molecule has 3 amide bonds. The van der Waals surface area contributed by atoms with Crippen molar-refractivity contribution in [3.8, 4) is 0 Å². The van der Waals surface area contributed by atoms with Gasteiger partial charge in [0.1, 0.15) is 6.61 Å².